The van der Waals surface area contributed by atoms with Crippen molar-refractivity contribution < 1.29 is 4.79 Å². The minimum absolute atomic E-state index is 0.0333. The zero-order valence-corrected chi connectivity index (χ0v) is 14.3. The molecular weight excluding hydrogens is 304 g/mol. The Morgan fingerprint density at radius 2 is 2.14 bits per heavy atom. The van der Waals surface area contributed by atoms with E-state index in [0.717, 1.165) is 5.69 Å². The Morgan fingerprint density at radius 1 is 1.43 bits per heavy atom. The number of hydrogen-bond acceptors (Lipinski definition) is 3. The molecule has 0 unspecified atom stereocenters. The van der Waals surface area contributed by atoms with E-state index >= 15 is 0 Å². The molecule has 0 aromatic carbocycles. The Labute approximate surface area is 134 Å². The van der Waals surface area contributed by atoms with Crippen molar-refractivity contribution in [1.82, 2.24) is 9.88 Å². The molecule has 0 saturated heterocycles. The summed E-state index contributed by atoms with van der Waals surface area (Å²) in [6, 6.07) is 5.53. The summed E-state index contributed by atoms with van der Waals surface area (Å²) in [7, 11) is 1.81. The Hall–Kier alpha value is -1.39. The van der Waals surface area contributed by atoms with Gasteiger partial charge in [-0.1, -0.05) is 25.4 Å². The van der Waals surface area contributed by atoms with Gasteiger partial charge in [-0.25, -0.2) is 4.98 Å². The molecular formula is C16H19ClN2OS. The predicted octanol–water partition coefficient (Wildman–Crippen LogP) is 4.50. The van der Waals surface area contributed by atoms with Gasteiger partial charge in [0, 0.05) is 23.2 Å². The van der Waals surface area contributed by atoms with Gasteiger partial charge in [-0.05, 0) is 42.0 Å². The van der Waals surface area contributed by atoms with Crippen LogP contribution in [0.25, 0.3) is 0 Å². The van der Waals surface area contributed by atoms with Crippen LogP contribution >= 0.6 is 22.9 Å². The molecule has 0 bridgehead atoms. The van der Waals surface area contributed by atoms with Gasteiger partial charge in [0.25, 0.3) is 5.91 Å². The molecule has 0 saturated carbocycles. The van der Waals surface area contributed by atoms with E-state index in [1.54, 1.807) is 22.3 Å². The smallest absolute Gasteiger partial charge is 0.254 e. The van der Waals surface area contributed by atoms with Crippen LogP contribution in [0.4, 0.5) is 0 Å². The molecule has 112 valence electrons. The Balaban J connectivity index is 2.21. The second kappa shape index (κ2) is 6.58. The van der Waals surface area contributed by atoms with Crippen LogP contribution in [-0.2, 0) is 6.54 Å². The van der Waals surface area contributed by atoms with Crippen LogP contribution in [0, 0.1) is 6.92 Å². The summed E-state index contributed by atoms with van der Waals surface area (Å²) in [6.07, 6.45) is 0. The van der Waals surface area contributed by atoms with E-state index in [9.17, 15) is 4.79 Å². The third kappa shape index (κ3) is 3.83. The van der Waals surface area contributed by atoms with Gasteiger partial charge in [-0.15, -0.1) is 11.3 Å². The summed E-state index contributed by atoms with van der Waals surface area (Å²) in [4.78, 5) is 19.7. The Kier molecular flexibility index (Phi) is 5.01. The fraction of sp³-hybridized carbons (Fsp3) is 0.375. The van der Waals surface area contributed by atoms with Crippen LogP contribution < -0.4 is 0 Å². The lowest BCUT2D eigenvalue weighted by molar-refractivity contribution is 0.0786. The fourth-order valence-electron chi connectivity index (χ4n) is 2.01. The molecule has 0 N–H and O–H groups in total. The maximum absolute atomic E-state index is 12.6. The maximum Gasteiger partial charge on any atom is 0.254 e. The van der Waals surface area contributed by atoms with Crippen molar-refractivity contribution in [3.8, 4) is 0 Å². The number of carbonyl (C=O) groups is 1. The van der Waals surface area contributed by atoms with Crippen molar-refractivity contribution in [3.05, 3.63) is 50.4 Å². The van der Waals surface area contributed by atoms with E-state index in [0.29, 0.717) is 17.3 Å². The molecule has 0 aliphatic rings. The first kappa shape index (κ1) is 16.0. The topological polar surface area (TPSA) is 33.2 Å². The lowest BCUT2D eigenvalue weighted by Gasteiger charge is -2.18. The number of aromatic nitrogens is 1. The number of amides is 1. The minimum Gasteiger partial charge on any atom is -0.337 e. The number of rotatable bonds is 4. The van der Waals surface area contributed by atoms with E-state index in [1.807, 2.05) is 32.3 Å². The van der Waals surface area contributed by atoms with Crippen molar-refractivity contribution >= 4 is 28.8 Å². The average molecular weight is 323 g/mol. The molecule has 0 aliphatic heterocycles. The van der Waals surface area contributed by atoms with Crippen LogP contribution in [0.1, 0.15) is 46.3 Å². The van der Waals surface area contributed by atoms with E-state index in [4.69, 9.17) is 11.6 Å². The molecule has 21 heavy (non-hydrogen) atoms. The monoisotopic (exact) mass is 322 g/mol. The fourth-order valence-corrected chi connectivity index (χ4v) is 3.18. The van der Waals surface area contributed by atoms with Gasteiger partial charge in [0.15, 0.2) is 0 Å². The van der Waals surface area contributed by atoms with Gasteiger partial charge in [-0.2, -0.15) is 0 Å². The lowest BCUT2D eigenvalue weighted by Crippen LogP contribution is -2.26. The van der Waals surface area contributed by atoms with Crippen molar-refractivity contribution in [3.63, 3.8) is 0 Å². The van der Waals surface area contributed by atoms with Gasteiger partial charge < -0.3 is 4.90 Å². The largest absolute Gasteiger partial charge is 0.337 e. The zero-order valence-electron chi connectivity index (χ0n) is 12.7. The van der Waals surface area contributed by atoms with Crippen molar-refractivity contribution in [2.75, 3.05) is 7.05 Å². The second-order valence-corrected chi connectivity index (χ2v) is 6.83. The second-order valence-electron chi connectivity index (χ2n) is 5.45. The minimum atomic E-state index is -0.0333. The normalized spacial score (nSPS) is 11.0. The molecule has 0 atom stereocenters. The molecule has 2 rings (SSSR count). The SMILES string of the molecule is Cc1ccsc1CN(C)C(=O)c1cc(Cl)nc(C(C)C)c1. The first-order valence-electron chi connectivity index (χ1n) is 6.84. The molecule has 2 aromatic heterocycles. The summed E-state index contributed by atoms with van der Waals surface area (Å²) in [5.74, 6) is 0.203. The molecule has 5 heteroatoms. The van der Waals surface area contributed by atoms with Crippen LogP contribution in [0.3, 0.4) is 0 Å². The number of carbonyl (C=O) groups excluding carboxylic acids is 1. The number of nitrogens with zero attached hydrogens (tertiary/aromatic N) is 2. The van der Waals surface area contributed by atoms with Gasteiger partial charge in [-0.3, -0.25) is 4.79 Å². The Morgan fingerprint density at radius 3 is 2.71 bits per heavy atom. The molecule has 0 radical (unpaired) electrons. The summed E-state index contributed by atoms with van der Waals surface area (Å²) in [6.45, 7) is 6.74. The molecule has 2 aromatic rings. The van der Waals surface area contributed by atoms with Gasteiger partial charge in [0.05, 0.1) is 6.54 Å². The van der Waals surface area contributed by atoms with Gasteiger partial charge in [0.2, 0.25) is 0 Å². The third-order valence-electron chi connectivity index (χ3n) is 3.35. The highest BCUT2D eigenvalue weighted by atomic mass is 35.5. The number of thiophene rings is 1. The van der Waals surface area contributed by atoms with Gasteiger partial charge >= 0.3 is 0 Å². The summed E-state index contributed by atoms with van der Waals surface area (Å²) >= 11 is 7.70. The van der Waals surface area contributed by atoms with Crippen molar-refractivity contribution in [2.24, 2.45) is 0 Å². The molecule has 3 nitrogen and oxygen atoms in total. The average Bonchev–Trinajstić information content (AvgIpc) is 2.82. The highest BCUT2D eigenvalue weighted by molar-refractivity contribution is 7.10. The molecule has 0 spiro atoms. The van der Waals surface area contributed by atoms with Crippen molar-refractivity contribution in [2.45, 2.75) is 33.2 Å². The maximum atomic E-state index is 12.6. The van der Waals surface area contributed by atoms with Crippen LogP contribution in [0.15, 0.2) is 23.6 Å². The number of halogens is 1. The zero-order chi connectivity index (χ0) is 15.6. The van der Waals surface area contributed by atoms with E-state index in [-0.39, 0.29) is 11.8 Å². The number of aryl methyl sites for hydroxylation is 1. The highest BCUT2D eigenvalue weighted by Crippen LogP contribution is 2.21. The quantitative estimate of drug-likeness (QED) is 0.776. The standard InChI is InChI=1S/C16H19ClN2OS/c1-10(2)13-7-12(8-15(17)18-13)16(20)19(4)9-14-11(3)5-6-21-14/h5-8,10H,9H2,1-4H3. The van der Waals surface area contributed by atoms with Crippen molar-refractivity contribution in [1.29, 1.82) is 0 Å². The van der Waals surface area contributed by atoms with E-state index < -0.39 is 0 Å². The number of hydrogen-bond donors (Lipinski definition) is 0. The molecule has 0 fully saturated rings. The molecule has 1 amide bonds. The van der Waals surface area contributed by atoms with Crippen LogP contribution in [-0.4, -0.2) is 22.8 Å². The van der Waals surface area contributed by atoms with E-state index in [1.165, 1.54) is 10.4 Å². The first-order chi connectivity index (χ1) is 9.88. The first-order valence-corrected chi connectivity index (χ1v) is 8.10. The summed E-state index contributed by atoms with van der Waals surface area (Å²) in [5, 5.41) is 2.41. The molecule has 0 aliphatic carbocycles. The Bertz CT molecular complexity index is 651. The number of pyridine rings is 1. The molecule has 2 heterocycles. The summed E-state index contributed by atoms with van der Waals surface area (Å²) in [5.41, 5.74) is 2.65. The third-order valence-corrected chi connectivity index (χ3v) is 4.55. The highest BCUT2D eigenvalue weighted by Gasteiger charge is 2.16. The predicted molar refractivity (Wildman–Crippen MR) is 88.2 cm³/mol. The lowest BCUT2D eigenvalue weighted by atomic mass is 10.1. The van der Waals surface area contributed by atoms with Gasteiger partial charge in [0.1, 0.15) is 5.15 Å². The summed E-state index contributed by atoms with van der Waals surface area (Å²) < 4.78 is 0. The van der Waals surface area contributed by atoms with E-state index in [2.05, 4.69) is 18.0 Å². The van der Waals surface area contributed by atoms with Crippen LogP contribution in [0.5, 0.6) is 0 Å². The van der Waals surface area contributed by atoms with Crippen LogP contribution in [0.2, 0.25) is 5.15 Å².